The molecule has 52 heavy (non-hydrogen) atoms. The molecule has 3 aromatic carbocycles. The Balaban J connectivity index is 1.72. The number of carbonyl (C=O) groups is 4. The molecule has 4 rings (SSSR count). The Morgan fingerprint density at radius 2 is 1.58 bits per heavy atom. The molecule has 0 aliphatic carbocycles. The third kappa shape index (κ3) is 10.1. The van der Waals surface area contributed by atoms with E-state index in [0.717, 1.165) is 10.5 Å². The van der Waals surface area contributed by atoms with Crippen molar-refractivity contribution in [3.8, 4) is 5.75 Å². The lowest BCUT2D eigenvalue weighted by molar-refractivity contribution is -0.175. The van der Waals surface area contributed by atoms with Crippen LogP contribution in [0, 0.1) is 5.92 Å². The van der Waals surface area contributed by atoms with E-state index in [1.54, 1.807) is 54.6 Å². The van der Waals surface area contributed by atoms with Gasteiger partial charge in [-0.1, -0.05) is 67.9 Å². The summed E-state index contributed by atoms with van der Waals surface area (Å²) in [5, 5.41) is 3.73. The molecular weight excluding hydrogens is 725 g/mol. The molecule has 4 atom stereocenters. The number of hydrogen-bond acceptors (Lipinski definition) is 8. The number of methoxy groups -OCH3 is 1. The highest BCUT2D eigenvalue weighted by molar-refractivity contribution is 7.91. The summed E-state index contributed by atoms with van der Waals surface area (Å²) in [7, 11) is -2.64. The first-order valence-electron chi connectivity index (χ1n) is 16.3. The second-order valence-electron chi connectivity index (χ2n) is 12.9. The summed E-state index contributed by atoms with van der Waals surface area (Å²) in [6.07, 6.45) is -5.85. The number of nitrogens with zero attached hydrogens (tertiary/aromatic N) is 1. The highest BCUT2D eigenvalue weighted by atomic mass is 35.5. The van der Waals surface area contributed by atoms with Gasteiger partial charge < -0.3 is 26.0 Å². The minimum Gasteiger partial charge on any atom is -0.497 e. The molecule has 1 aliphatic heterocycles. The SMILES string of the molecule is COc1ccc(CS(=O)(=O)[C@@H]2C[C@@H](C(=O)N[C@H](C(=O)C(F)(F)F)C(C)C)N(C(=O)[C@H](Cc3ccc(CN)cc3)NC(=O)c3cccc(Cl)c3)C2)cc1. The molecule has 1 fully saturated rings. The van der Waals surface area contributed by atoms with Crippen molar-refractivity contribution in [1.82, 2.24) is 15.5 Å². The Morgan fingerprint density at radius 3 is 2.13 bits per heavy atom. The molecule has 0 radical (unpaired) electrons. The van der Waals surface area contributed by atoms with Crippen LogP contribution in [-0.2, 0) is 42.9 Å². The van der Waals surface area contributed by atoms with E-state index in [2.05, 4.69) is 10.6 Å². The van der Waals surface area contributed by atoms with E-state index in [4.69, 9.17) is 22.1 Å². The Bertz CT molecular complexity index is 1870. The van der Waals surface area contributed by atoms with Crippen LogP contribution in [0.3, 0.4) is 0 Å². The van der Waals surface area contributed by atoms with Crippen LogP contribution >= 0.6 is 11.6 Å². The van der Waals surface area contributed by atoms with Crippen LogP contribution in [0.2, 0.25) is 5.02 Å². The van der Waals surface area contributed by atoms with Gasteiger partial charge in [-0.3, -0.25) is 19.2 Å². The van der Waals surface area contributed by atoms with Crippen molar-refractivity contribution in [2.45, 2.75) is 68.5 Å². The fraction of sp³-hybridized carbons (Fsp3) is 0.389. The fourth-order valence-corrected chi connectivity index (χ4v) is 7.85. The van der Waals surface area contributed by atoms with Crippen molar-refractivity contribution >= 4 is 44.9 Å². The first-order chi connectivity index (χ1) is 24.4. The second-order valence-corrected chi connectivity index (χ2v) is 15.6. The average Bonchev–Trinajstić information content (AvgIpc) is 3.56. The van der Waals surface area contributed by atoms with Crippen LogP contribution in [0.1, 0.15) is 47.3 Å². The molecule has 1 heterocycles. The number of sulfone groups is 1. The van der Waals surface area contributed by atoms with E-state index < -0.39 is 87.5 Å². The molecule has 0 unspecified atom stereocenters. The number of alkyl halides is 3. The predicted octanol–water partition coefficient (Wildman–Crippen LogP) is 4.01. The second kappa shape index (κ2) is 16.9. The van der Waals surface area contributed by atoms with E-state index in [-0.39, 0.29) is 23.6 Å². The number of rotatable bonds is 14. The number of ketones is 1. The van der Waals surface area contributed by atoms with Crippen LogP contribution in [0.15, 0.2) is 72.8 Å². The summed E-state index contributed by atoms with van der Waals surface area (Å²) < 4.78 is 73.2. The molecule has 11 nitrogen and oxygen atoms in total. The lowest BCUT2D eigenvalue weighted by Gasteiger charge is -2.30. The molecule has 3 aromatic rings. The van der Waals surface area contributed by atoms with Crippen molar-refractivity contribution < 1.29 is 45.5 Å². The number of nitrogens with two attached hydrogens (primary N) is 1. The number of benzene rings is 3. The maximum Gasteiger partial charge on any atom is 0.452 e. The van der Waals surface area contributed by atoms with Gasteiger partial charge in [0.05, 0.1) is 24.2 Å². The Morgan fingerprint density at radius 1 is 0.962 bits per heavy atom. The molecule has 1 aliphatic rings. The normalized spacial score (nSPS) is 17.4. The van der Waals surface area contributed by atoms with Gasteiger partial charge in [0.2, 0.25) is 11.8 Å². The van der Waals surface area contributed by atoms with E-state index in [1.165, 1.54) is 39.2 Å². The van der Waals surface area contributed by atoms with Crippen molar-refractivity contribution in [3.05, 3.63) is 100 Å². The first-order valence-corrected chi connectivity index (χ1v) is 18.4. The van der Waals surface area contributed by atoms with Crippen LogP contribution in [-0.4, -0.2) is 80.0 Å². The minimum atomic E-state index is -5.27. The summed E-state index contributed by atoms with van der Waals surface area (Å²) in [6.45, 7) is 2.36. The molecule has 4 N–H and O–H groups in total. The fourth-order valence-electron chi connectivity index (χ4n) is 5.90. The van der Waals surface area contributed by atoms with Gasteiger partial charge in [0.15, 0.2) is 9.84 Å². The molecule has 0 spiro atoms. The number of nitrogens with one attached hydrogen (secondary N) is 2. The van der Waals surface area contributed by atoms with Crippen LogP contribution in [0.4, 0.5) is 13.2 Å². The van der Waals surface area contributed by atoms with E-state index >= 15 is 0 Å². The first kappa shape index (κ1) is 40.3. The Labute approximate surface area is 304 Å². The molecule has 16 heteroatoms. The van der Waals surface area contributed by atoms with Crippen LogP contribution in [0.25, 0.3) is 0 Å². The lowest BCUT2D eigenvalue weighted by atomic mass is 9.98. The third-order valence-electron chi connectivity index (χ3n) is 8.80. The predicted molar refractivity (Wildman–Crippen MR) is 188 cm³/mol. The van der Waals surface area contributed by atoms with Gasteiger partial charge >= 0.3 is 6.18 Å². The number of amides is 3. The molecule has 0 aromatic heterocycles. The molecule has 0 saturated carbocycles. The van der Waals surface area contributed by atoms with E-state index in [1.807, 2.05) is 0 Å². The number of halogens is 4. The van der Waals surface area contributed by atoms with Crippen molar-refractivity contribution in [2.24, 2.45) is 11.7 Å². The monoisotopic (exact) mass is 764 g/mol. The molecular formula is C36H40ClF3N4O7S. The maximum absolute atomic E-state index is 14.5. The number of Topliss-reactive ketones (excluding diaryl/α,β-unsaturated/α-hetero) is 1. The van der Waals surface area contributed by atoms with Crippen molar-refractivity contribution in [3.63, 3.8) is 0 Å². The van der Waals surface area contributed by atoms with Gasteiger partial charge in [0.25, 0.3) is 11.7 Å². The maximum atomic E-state index is 14.5. The van der Waals surface area contributed by atoms with Gasteiger partial charge in [0, 0.05) is 30.1 Å². The quantitative estimate of drug-likeness (QED) is 0.222. The Kier molecular flexibility index (Phi) is 13.1. The highest BCUT2D eigenvalue weighted by Gasteiger charge is 2.49. The van der Waals surface area contributed by atoms with E-state index in [0.29, 0.717) is 16.9 Å². The topological polar surface area (TPSA) is 165 Å². The summed E-state index contributed by atoms with van der Waals surface area (Å²) in [5.74, 6) is -5.86. The molecule has 280 valence electrons. The van der Waals surface area contributed by atoms with Crippen LogP contribution in [0.5, 0.6) is 5.75 Å². The van der Waals surface area contributed by atoms with Crippen LogP contribution < -0.4 is 21.1 Å². The number of carbonyl (C=O) groups excluding carboxylic acids is 4. The van der Waals surface area contributed by atoms with E-state index in [9.17, 15) is 40.8 Å². The standard InChI is InChI=1S/C36H40ClF3N4O7S/c1-21(2)31(32(45)36(38,39)40)43-34(47)30-17-28(52(49,50)20-24-11-13-27(51-3)14-12-24)19-44(30)35(48)29(15-22-7-9-23(18-41)10-8-22)42-33(46)25-5-4-6-26(37)16-25/h4-14,16,21,28-31H,15,17-20,41H2,1-3H3,(H,42,46)(H,43,47)/t28-,29+,30+,31+/m1/s1. The van der Waals surface area contributed by atoms with Gasteiger partial charge in [-0.15, -0.1) is 0 Å². The van der Waals surface area contributed by atoms with Gasteiger partial charge in [0.1, 0.15) is 17.8 Å². The highest BCUT2D eigenvalue weighted by Crippen LogP contribution is 2.29. The largest absolute Gasteiger partial charge is 0.497 e. The zero-order chi connectivity index (χ0) is 38.4. The molecule has 0 bridgehead atoms. The summed E-state index contributed by atoms with van der Waals surface area (Å²) in [6, 6.07) is 14.0. The number of hydrogen-bond donors (Lipinski definition) is 3. The zero-order valence-electron chi connectivity index (χ0n) is 28.7. The van der Waals surface area contributed by atoms with Crippen molar-refractivity contribution in [2.75, 3.05) is 13.7 Å². The van der Waals surface area contributed by atoms with Gasteiger partial charge in [-0.25, -0.2) is 8.42 Å². The molecule has 3 amide bonds. The zero-order valence-corrected chi connectivity index (χ0v) is 30.2. The van der Waals surface area contributed by atoms with Gasteiger partial charge in [-0.2, -0.15) is 13.2 Å². The smallest absolute Gasteiger partial charge is 0.452 e. The lowest BCUT2D eigenvalue weighted by Crippen LogP contribution is -2.57. The number of ether oxygens (including phenoxy) is 1. The molecule has 1 saturated heterocycles. The summed E-state index contributed by atoms with van der Waals surface area (Å²) in [4.78, 5) is 54.9. The van der Waals surface area contributed by atoms with Gasteiger partial charge in [-0.05, 0) is 59.4 Å². The summed E-state index contributed by atoms with van der Waals surface area (Å²) in [5.41, 5.74) is 7.61. The minimum absolute atomic E-state index is 0.106. The van der Waals surface area contributed by atoms with Crippen molar-refractivity contribution in [1.29, 1.82) is 0 Å². The summed E-state index contributed by atoms with van der Waals surface area (Å²) >= 11 is 6.08. The number of likely N-dealkylation sites (tertiary alicyclic amines) is 1. The third-order valence-corrected chi connectivity index (χ3v) is 11.1. The average molecular weight is 765 g/mol. The Hall–Kier alpha value is -4.47.